The van der Waals surface area contributed by atoms with Crippen molar-refractivity contribution in [3.63, 3.8) is 0 Å². The zero-order valence-electron chi connectivity index (χ0n) is 18.9. The van der Waals surface area contributed by atoms with Crippen molar-refractivity contribution in [1.29, 1.82) is 0 Å². The van der Waals surface area contributed by atoms with Gasteiger partial charge in [-0.2, -0.15) is 0 Å². The van der Waals surface area contributed by atoms with Gasteiger partial charge in [0, 0.05) is 0 Å². The first-order valence-corrected chi connectivity index (χ1v) is 12.0. The third kappa shape index (κ3) is 5.42. The number of nitrogens with one attached hydrogen (secondary N) is 1. The van der Waals surface area contributed by atoms with Crippen LogP contribution in [-0.4, -0.2) is 28.0 Å². The van der Waals surface area contributed by atoms with Crippen molar-refractivity contribution in [2.75, 3.05) is 13.1 Å². The number of phenolic OH excluding ortho intramolecular Hbond substituents is 1. The Bertz CT molecular complexity index is 981. The highest BCUT2D eigenvalue weighted by molar-refractivity contribution is 7.51. The van der Waals surface area contributed by atoms with Crippen LogP contribution in [0, 0.1) is 0 Å². The Labute approximate surface area is 183 Å². The molecule has 1 heterocycles. The molecule has 0 fully saturated rings. The van der Waals surface area contributed by atoms with Gasteiger partial charge in [0.2, 0.25) is 6.79 Å². The van der Waals surface area contributed by atoms with E-state index in [1.54, 1.807) is 6.07 Å². The minimum absolute atomic E-state index is 0.140. The van der Waals surface area contributed by atoms with Gasteiger partial charge in [0.05, 0.1) is 12.3 Å². The molecule has 0 saturated heterocycles. The quantitative estimate of drug-likeness (QED) is 0.497. The van der Waals surface area contributed by atoms with Crippen molar-refractivity contribution in [3.8, 4) is 17.2 Å². The van der Waals surface area contributed by atoms with E-state index < -0.39 is 19.9 Å². The Morgan fingerprint density at radius 2 is 1.48 bits per heavy atom. The lowest BCUT2D eigenvalue weighted by Crippen LogP contribution is -2.25. The Morgan fingerprint density at radius 3 is 2.00 bits per heavy atom. The molecule has 4 N–H and O–H groups in total. The van der Waals surface area contributed by atoms with Crippen LogP contribution in [0.4, 0.5) is 0 Å². The molecule has 1 aliphatic rings. The molecule has 0 saturated carbocycles. The summed E-state index contributed by atoms with van der Waals surface area (Å²) in [4.78, 5) is 19.0. The molecule has 0 spiro atoms. The van der Waals surface area contributed by atoms with Gasteiger partial charge in [-0.3, -0.25) is 9.88 Å². The number of ether oxygens (including phenoxy) is 2. The number of hydrogen-bond acceptors (Lipinski definition) is 5. The molecule has 31 heavy (non-hydrogen) atoms. The average Bonchev–Trinajstić information content (AvgIpc) is 3.07. The van der Waals surface area contributed by atoms with Gasteiger partial charge in [0.15, 0.2) is 11.5 Å². The Kier molecular flexibility index (Phi) is 6.20. The first-order chi connectivity index (χ1) is 14.2. The molecule has 0 aromatic heterocycles. The maximum Gasteiger partial charge on any atom is 0.339 e. The molecule has 1 aliphatic heterocycles. The number of phenols is 1. The fraction of sp³-hybridized carbons (Fsp3) is 0.478. The predicted molar refractivity (Wildman–Crippen MR) is 120 cm³/mol. The van der Waals surface area contributed by atoms with Crippen LogP contribution < -0.4 is 14.8 Å². The van der Waals surface area contributed by atoms with Gasteiger partial charge in [-0.1, -0.05) is 47.6 Å². The molecule has 0 amide bonds. The SMILES string of the molecule is CC(C)(C)c1cc(C(NCP(=O)(O)O)c2ccc3c(c2)OCO3)cc(C(C)(C)C)c1O. The molecule has 2 aromatic rings. The molecular formula is C23H32NO6P. The summed E-state index contributed by atoms with van der Waals surface area (Å²) in [7, 11) is -4.29. The highest BCUT2D eigenvalue weighted by Gasteiger charge is 2.30. The molecule has 1 unspecified atom stereocenters. The molecule has 0 aliphatic carbocycles. The third-order valence-electron chi connectivity index (χ3n) is 5.31. The molecule has 2 aromatic carbocycles. The standard InChI is InChI=1S/C23H32NO6P/c1-22(2,3)16-9-15(10-17(21(16)25)23(4,5)6)20(24-12-31(26,27)28)14-7-8-18-19(11-14)30-13-29-18/h7-11,20,24-25H,12-13H2,1-6H3,(H2,26,27,28). The van der Waals surface area contributed by atoms with E-state index in [1.807, 2.05) is 65.8 Å². The highest BCUT2D eigenvalue weighted by atomic mass is 31.2. The number of hydrogen-bond donors (Lipinski definition) is 4. The van der Waals surface area contributed by atoms with Crippen molar-refractivity contribution in [3.05, 3.63) is 52.6 Å². The van der Waals surface area contributed by atoms with Crippen LogP contribution in [0.15, 0.2) is 30.3 Å². The first kappa shape index (κ1) is 23.6. The third-order valence-corrected chi connectivity index (χ3v) is 5.91. The first-order valence-electron chi connectivity index (χ1n) is 10.2. The predicted octanol–water partition coefficient (Wildman–Crippen LogP) is 4.53. The number of rotatable bonds is 5. The summed E-state index contributed by atoms with van der Waals surface area (Å²) in [5.41, 5.74) is 2.48. The molecule has 7 nitrogen and oxygen atoms in total. The minimum atomic E-state index is -4.29. The minimum Gasteiger partial charge on any atom is -0.507 e. The average molecular weight is 449 g/mol. The topological polar surface area (TPSA) is 108 Å². The van der Waals surface area contributed by atoms with E-state index in [1.165, 1.54) is 0 Å². The summed E-state index contributed by atoms with van der Waals surface area (Å²) in [5, 5.41) is 14.1. The summed E-state index contributed by atoms with van der Waals surface area (Å²) in [6, 6.07) is 8.76. The van der Waals surface area contributed by atoms with Crippen molar-refractivity contribution < 1.29 is 28.9 Å². The van der Waals surface area contributed by atoms with Gasteiger partial charge in [0.1, 0.15) is 5.75 Å². The van der Waals surface area contributed by atoms with Gasteiger partial charge in [0.25, 0.3) is 0 Å². The van der Waals surface area contributed by atoms with E-state index in [4.69, 9.17) is 9.47 Å². The zero-order valence-corrected chi connectivity index (χ0v) is 19.8. The number of aromatic hydroxyl groups is 1. The smallest absolute Gasteiger partial charge is 0.339 e. The molecule has 0 bridgehead atoms. The van der Waals surface area contributed by atoms with Crippen LogP contribution in [0.3, 0.4) is 0 Å². The summed E-state index contributed by atoms with van der Waals surface area (Å²) in [6.07, 6.45) is -0.483. The van der Waals surface area contributed by atoms with Crippen molar-refractivity contribution in [2.24, 2.45) is 0 Å². The van der Waals surface area contributed by atoms with Crippen LogP contribution in [0.2, 0.25) is 0 Å². The van der Waals surface area contributed by atoms with E-state index in [-0.39, 0.29) is 23.4 Å². The van der Waals surface area contributed by atoms with Crippen LogP contribution in [0.1, 0.15) is 69.8 Å². The lowest BCUT2D eigenvalue weighted by Gasteiger charge is -2.30. The molecule has 1 atom stereocenters. The van der Waals surface area contributed by atoms with E-state index >= 15 is 0 Å². The largest absolute Gasteiger partial charge is 0.507 e. The number of benzene rings is 2. The maximum atomic E-state index is 11.6. The second-order valence-corrected chi connectivity index (χ2v) is 11.7. The second-order valence-electron chi connectivity index (χ2n) is 10.0. The highest BCUT2D eigenvalue weighted by Crippen LogP contribution is 2.43. The molecule has 3 rings (SSSR count). The van der Waals surface area contributed by atoms with Gasteiger partial charge in [-0.05, 0) is 57.3 Å². The summed E-state index contributed by atoms with van der Waals surface area (Å²) < 4.78 is 22.5. The van der Waals surface area contributed by atoms with Crippen molar-refractivity contribution in [1.82, 2.24) is 5.32 Å². The monoisotopic (exact) mass is 449 g/mol. The van der Waals surface area contributed by atoms with Crippen LogP contribution in [0.25, 0.3) is 0 Å². The van der Waals surface area contributed by atoms with Gasteiger partial charge in [-0.15, -0.1) is 0 Å². The normalized spacial score (nSPS) is 15.2. The Hall–Kier alpha value is -2.05. The molecule has 8 heteroatoms. The summed E-state index contributed by atoms with van der Waals surface area (Å²) in [5.74, 6) is 1.48. The Morgan fingerprint density at radius 1 is 0.935 bits per heavy atom. The van der Waals surface area contributed by atoms with Crippen molar-refractivity contribution >= 4 is 7.60 Å². The van der Waals surface area contributed by atoms with Gasteiger partial charge < -0.3 is 24.4 Å². The van der Waals surface area contributed by atoms with E-state index in [9.17, 15) is 19.5 Å². The maximum absolute atomic E-state index is 11.6. The summed E-state index contributed by atoms with van der Waals surface area (Å²) >= 11 is 0. The number of fused-ring (bicyclic) bond motifs is 1. The molecular weight excluding hydrogens is 417 g/mol. The van der Waals surface area contributed by atoms with Crippen LogP contribution in [-0.2, 0) is 15.4 Å². The van der Waals surface area contributed by atoms with Gasteiger partial charge in [-0.25, -0.2) is 0 Å². The lowest BCUT2D eigenvalue weighted by molar-refractivity contribution is 0.174. The summed E-state index contributed by atoms with van der Waals surface area (Å²) in [6.45, 7) is 12.3. The second kappa shape index (κ2) is 8.14. The fourth-order valence-electron chi connectivity index (χ4n) is 3.70. The zero-order chi connectivity index (χ0) is 23.2. The van der Waals surface area contributed by atoms with E-state index in [0.717, 1.165) is 22.3 Å². The Balaban J connectivity index is 2.19. The van der Waals surface area contributed by atoms with Gasteiger partial charge >= 0.3 is 7.60 Å². The fourth-order valence-corrected chi connectivity index (χ4v) is 4.12. The van der Waals surface area contributed by atoms with Crippen molar-refractivity contribution in [2.45, 2.75) is 58.4 Å². The van der Waals surface area contributed by atoms with Crippen LogP contribution in [0.5, 0.6) is 17.2 Å². The van der Waals surface area contributed by atoms with E-state index in [0.29, 0.717) is 11.5 Å². The molecule has 0 radical (unpaired) electrons. The van der Waals surface area contributed by atoms with Crippen LogP contribution >= 0.6 is 7.60 Å². The van der Waals surface area contributed by atoms with E-state index in [2.05, 4.69) is 5.32 Å². The molecule has 170 valence electrons. The lowest BCUT2D eigenvalue weighted by atomic mass is 9.77.